The third kappa shape index (κ3) is 4.63. The average Bonchev–Trinajstić information content (AvgIpc) is 2.68. The van der Waals surface area contributed by atoms with Crippen molar-refractivity contribution >= 4 is 5.91 Å². The third-order valence-electron chi connectivity index (χ3n) is 3.46. The summed E-state index contributed by atoms with van der Waals surface area (Å²) >= 11 is 0. The summed E-state index contributed by atoms with van der Waals surface area (Å²) in [6.45, 7) is 9.73. The second kappa shape index (κ2) is 7.43. The predicted octanol–water partition coefficient (Wildman–Crippen LogP) is 1.99. The molecule has 0 spiro atoms. The topological polar surface area (TPSA) is 75.4 Å². The Hall–Kier alpha value is -1.36. The maximum atomic E-state index is 12.2. The van der Waals surface area contributed by atoms with Gasteiger partial charge in [0.1, 0.15) is 5.76 Å². The van der Waals surface area contributed by atoms with Crippen molar-refractivity contribution in [3.63, 3.8) is 0 Å². The van der Waals surface area contributed by atoms with Gasteiger partial charge >= 0.3 is 0 Å². The predicted molar refractivity (Wildman–Crippen MR) is 77.3 cm³/mol. The number of carbonyl (C=O) groups excluding carboxylic acids is 1. The second-order valence-corrected chi connectivity index (χ2v) is 5.93. The van der Waals surface area contributed by atoms with E-state index >= 15 is 0 Å². The monoisotopic (exact) mass is 282 g/mol. The molecule has 0 saturated carbocycles. The molecular weight excluding hydrogens is 256 g/mol. The fraction of sp³-hybridized carbons (Fsp3) is 0.733. The molecule has 2 atom stereocenters. The quantitative estimate of drug-likeness (QED) is 0.802. The highest BCUT2D eigenvalue weighted by Gasteiger charge is 2.21. The first-order valence-corrected chi connectivity index (χ1v) is 7.18. The molecule has 0 fully saturated rings. The summed E-state index contributed by atoms with van der Waals surface area (Å²) in [4.78, 5) is 12.2. The van der Waals surface area contributed by atoms with Gasteiger partial charge in [-0.1, -0.05) is 25.9 Å². The van der Waals surface area contributed by atoms with Crippen LogP contribution in [0.25, 0.3) is 0 Å². The zero-order valence-corrected chi connectivity index (χ0v) is 13.1. The summed E-state index contributed by atoms with van der Waals surface area (Å²) < 4.78 is 5.11. The highest BCUT2D eigenvalue weighted by Crippen LogP contribution is 2.17. The Kier molecular flexibility index (Phi) is 6.20. The Balaban J connectivity index is 2.58. The van der Waals surface area contributed by atoms with Gasteiger partial charge in [-0.3, -0.25) is 4.79 Å². The van der Waals surface area contributed by atoms with Crippen LogP contribution in [0, 0.1) is 25.7 Å². The molecule has 2 unspecified atom stereocenters. The number of rotatable bonds is 7. The van der Waals surface area contributed by atoms with Crippen molar-refractivity contribution < 1.29 is 14.4 Å². The zero-order valence-electron chi connectivity index (χ0n) is 13.1. The molecule has 1 rings (SSSR count). The zero-order chi connectivity index (χ0) is 15.3. The summed E-state index contributed by atoms with van der Waals surface area (Å²) in [6, 6.07) is -0.172. The van der Waals surface area contributed by atoms with Gasteiger partial charge in [-0.2, -0.15) is 0 Å². The normalized spacial score (nSPS) is 14.3. The van der Waals surface area contributed by atoms with Crippen molar-refractivity contribution in [1.82, 2.24) is 10.5 Å². The van der Waals surface area contributed by atoms with Gasteiger partial charge in [0, 0.05) is 11.5 Å². The van der Waals surface area contributed by atoms with Crippen molar-refractivity contribution in [2.45, 2.75) is 53.5 Å². The van der Waals surface area contributed by atoms with E-state index in [1.54, 1.807) is 0 Å². The molecule has 0 saturated heterocycles. The van der Waals surface area contributed by atoms with E-state index in [0.29, 0.717) is 12.3 Å². The Labute approximate surface area is 120 Å². The number of aromatic nitrogens is 1. The van der Waals surface area contributed by atoms with Crippen LogP contribution in [0.1, 0.15) is 44.2 Å². The van der Waals surface area contributed by atoms with E-state index < -0.39 is 0 Å². The first kappa shape index (κ1) is 16.7. The minimum atomic E-state index is -0.173. The molecule has 5 nitrogen and oxygen atoms in total. The summed E-state index contributed by atoms with van der Waals surface area (Å²) in [6.07, 6.45) is 1.38. The summed E-state index contributed by atoms with van der Waals surface area (Å²) in [5, 5.41) is 16.1. The lowest BCUT2D eigenvalue weighted by Crippen LogP contribution is -2.41. The van der Waals surface area contributed by atoms with Gasteiger partial charge < -0.3 is 14.9 Å². The molecule has 0 aliphatic heterocycles. The Morgan fingerprint density at radius 1 is 1.35 bits per heavy atom. The smallest absolute Gasteiger partial charge is 0.223 e. The molecule has 1 aromatic rings. The maximum Gasteiger partial charge on any atom is 0.223 e. The molecule has 114 valence electrons. The highest BCUT2D eigenvalue weighted by molar-refractivity contribution is 5.79. The number of aryl methyl sites for hydroxylation is 2. The number of nitrogens with one attached hydrogen (secondary N) is 1. The van der Waals surface area contributed by atoms with Crippen LogP contribution in [0.5, 0.6) is 0 Å². The van der Waals surface area contributed by atoms with Crippen molar-refractivity contribution in [2.75, 3.05) is 6.61 Å². The van der Waals surface area contributed by atoms with Crippen LogP contribution in [0.2, 0.25) is 0 Å². The SMILES string of the molecule is Cc1noc(C)c1CC(C)C(=O)NC(CO)CC(C)C. The van der Waals surface area contributed by atoms with Gasteiger partial charge in [-0.15, -0.1) is 0 Å². The molecule has 0 aromatic carbocycles. The Morgan fingerprint density at radius 3 is 2.45 bits per heavy atom. The molecule has 5 heteroatoms. The van der Waals surface area contributed by atoms with Crippen LogP contribution < -0.4 is 5.32 Å². The molecule has 1 aromatic heterocycles. The van der Waals surface area contributed by atoms with E-state index in [2.05, 4.69) is 24.3 Å². The molecule has 2 N–H and O–H groups in total. The van der Waals surface area contributed by atoms with Crippen LogP contribution in [0.15, 0.2) is 4.52 Å². The third-order valence-corrected chi connectivity index (χ3v) is 3.46. The first-order valence-electron chi connectivity index (χ1n) is 7.18. The lowest BCUT2D eigenvalue weighted by Gasteiger charge is -2.20. The van der Waals surface area contributed by atoms with Crippen LogP contribution in [-0.4, -0.2) is 28.8 Å². The van der Waals surface area contributed by atoms with E-state index in [4.69, 9.17) is 4.52 Å². The lowest BCUT2D eigenvalue weighted by atomic mass is 9.98. The molecule has 0 aliphatic carbocycles. The van der Waals surface area contributed by atoms with E-state index in [0.717, 1.165) is 23.4 Å². The average molecular weight is 282 g/mol. The summed E-state index contributed by atoms with van der Waals surface area (Å²) in [5.41, 5.74) is 1.83. The number of hydrogen-bond donors (Lipinski definition) is 2. The van der Waals surface area contributed by atoms with Crippen LogP contribution in [-0.2, 0) is 11.2 Å². The molecule has 0 radical (unpaired) electrons. The van der Waals surface area contributed by atoms with Crippen LogP contribution in [0.3, 0.4) is 0 Å². The minimum Gasteiger partial charge on any atom is -0.394 e. The maximum absolute atomic E-state index is 12.2. The van der Waals surface area contributed by atoms with Gasteiger partial charge in [0.15, 0.2) is 0 Å². The number of hydrogen-bond acceptors (Lipinski definition) is 4. The van der Waals surface area contributed by atoms with Crippen LogP contribution in [0.4, 0.5) is 0 Å². The van der Waals surface area contributed by atoms with Gasteiger partial charge in [0.05, 0.1) is 18.3 Å². The Morgan fingerprint density at radius 2 is 2.00 bits per heavy atom. The van der Waals surface area contributed by atoms with Crippen molar-refractivity contribution in [1.29, 1.82) is 0 Å². The van der Waals surface area contributed by atoms with Gasteiger partial charge in [0.25, 0.3) is 0 Å². The first-order chi connectivity index (χ1) is 9.35. The molecule has 1 amide bonds. The number of aliphatic hydroxyl groups excluding tert-OH is 1. The fourth-order valence-electron chi connectivity index (χ4n) is 2.28. The molecular formula is C15H26N2O3. The van der Waals surface area contributed by atoms with Crippen molar-refractivity contribution in [2.24, 2.45) is 11.8 Å². The molecule has 1 heterocycles. The van der Waals surface area contributed by atoms with E-state index in [-0.39, 0.29) is 24.5 Å². The number of amides is 1. The van der Waals surface area contributed by atoms with Crippen LogP contribution >= 0.6 is 0 Å². The van der Waals surface area contributed by atoms with E-state index in [1.165, 1.54) is 0 Å². The van der Waals surface area contributed by atoms with Crippen molar-refractivity contribution in [3.8, 4) is 0 Å². The minimum absolute atomic E-state index is 0.0258. The highest BCUT2D eigenvalue weighted by atomic mass is 16.5. The fourth-order valence-corrected chi connectivity index (χ4v) is 2.28. The lowest BCUT2D eigenvalue weighted by molar-refractivity contribution is -0.125. The van der Waals surface area contributed by atoms with Gasteiger partial charge in [-0.05, 0) is 32.6 Å². The molecule has 20 heavy (non-hydrogen) atoms. The number of nitrogens with zero attached hydrogens (tertiary/aromatic N) is 1. The van der Waals surface area contributed by atoms with E-state index in [9.17, 15) is 9.90 Å². The summed E-state index contributed by atoms with van der Waals surface area (Å²) in [7, 11) is 0. The molecule has 0 aliphatic rings. The largest absolute Gasteiger partial charge is 0.394 e. The molecule has 0 bridgehead atoms. The van der Waals surface area contributed by atoms with Gasteiger partial charge in [-0.25, -0.2) is 0 Å². The summed E-state index contributed by atoms with van der Waals surface area (Å²) in [5.74, 6) is 0.992. The van der Waals surface area contributed by atoms with Gasteiger partial charge in [0.2, 0.25) is 5.91 Å². The number of aliphatic hydroxyl groups is 1. The second-order valence-electron chi connectivity index (χ2n) is 5.93. The number of carbonyl (C=O) groups is 1. The van der Waals surface area contributed by atoms with Crippen molar-refractivity contribution in [3.05, 3.63) is 17.0 Å². The Bertz CT molecular complexity index is 421. The standard InChI is InChI=1S/C15H26N2O3/c1-9(2)6-13(8-18)16-15(19)10(3)7-14-11(4)17-20-12(14)5/h9-10,13,18H,6-8H2,1-5H3,(H,16,19). The van der Waals surface area contributed by atoms with E-state index in [1.807, 2.05) is 20.8 Å².